The van der Waals surface area contributed by atoms with Crippen molar-refractivity contribution in [1.29, 1.82) is 0 Å². The van der Waals surface area contributed by atoms with E-state index in [-0.39, 0.29) is 23.6 Å². The van der Waals surface area contributed by atoms with Gasteiger partial charge in [-0.2, -0.15) is 15.0 Å². The zero-order chi connectivity index (χ0) is 21.5. The van der Waals surface area contributed by atoms with Crippen LogP contribution in [0.3, 0.4) is 0 Å². The monoisotopic (exact) mass is 415 g/mol. The van der Waals surface area contributed by atoms with E-state index in [2.05, 4.69) is 46.4 Å². The predicted octanol–water partition coefficient (Wildman–Crippen LogP) is 2.61. The van der Waals surface area contributed by atoms with Gasteiger partial charge in [0.2, 0.25) is 17.8 Å². The molecule has 4 rings (SSSR count). The molecule has 31 heavy (non-hydrogen) atoms. The number of carbonyl (C=O) groups is 1. The highest BCUT2D eigenvalue weighted by Gasteiger charge is 2.11. The van der Waals surface area contributed by atoms with Gasteiger partial charge in [0, 0.05) is 24.2 Å². The largest absolute Gasteiger partial charge is 0.506 e. The van der Waals surface area contributed by atoms with Gasteiger partial charge in [0.05, 0.1) is 5.69 Å². The molecule has 0 fully saturated rings. The lowest BCUT2D eigenvalue weighted by Crippen LogP contribution is -2.30. The van der Waals surface area contributed by atoms with Crippen molar-refractivity contribution in [3.05, 3.63) is 78.8 Å². The third-order valence-corrected chi connectivity index (χ3v) is 3.92. The number of carbonyl (C=O) groups excluding carboxylic acids is 1. The number of phenols is 1. The molecule has 5 N–H and O–H groups in total. The molecule has 154 valence electrons. The third-order valence-electron chi connectivity index (χ3n) is 3.92. The number of aromatic nitrogens is 5. The molecule has 11 nitrogen and oxygen atoms in total. The van der Waals surface area contributed by atoms with Gasteiger partial charge in [-0.05, 0) is 36.4 Å². The average Bonchev–Trinajstić information content (AvgIpc) is 2.80. The molecule has 0 aliphatic heterocycles. The molecule has 0 atom stereocenters. The summed E-state index contributed by atoms with van der Waals surface area (Å²) in [6.07, 6.45) is 4.65. The number of hydrogen-bond acceptors (Lipinski definition) is 10. The first-order valence-corrected chi connectivity index (χ1v) is 9.13. The molecular weight excluding hydrogens is 398 g/mol. The number of rotatable bonds is 7. The number of hydrogen-bond donors (Lipinski definition) is 5. The Balaban J connectivity index is 1.57. The van der Waals surface area contributed by atoms with Crippen LogP contribution in [0.25, 0.3) is 0 Å². The Morgan fingerprint density at radius 2 is 1.48 bits per heavy atom. The van der Waals surface area contributed by atoms with E-state index in [9.17, 15) is 9.90 Å². The number of benzene rings is 1. The molecule has 0 radical (unpaired) electrons. The highest BCUT2D eigenvalue weighted by molar-refractivity contribution is 5.94. The summed E-state index contributed by atoms with van der Waals surface area (Å²) < 4.78 is 0. The van der Waals surface area contributed by atoms with Gasteiger partial charge in [0.1, 0.15) is 11.6 Å². The zero-order valence-electron chi connectivity index (χ0n) is 16.0. The van der Waals surface area contributed by atoms with E-state index in [1.165, 1.54) is 18.5 Å². The number of phenolic OH excluding ortho intramolecular Hbond substituents is 1. The fourth-order valence-corrected chi connectivity index (χ4v) is 2.48. The van der Waals surface area contributed by atoms with Crippen molar-refractivity contribution in [3.63, 3.8) is 0 Å². The summed E-state index contributed by atoms with van der Waals surface area (Å²) in [5.74, 6) is 0.533. The zero-order valence-corrected chi connectivity index (χ0v) is 16.0. The minimum Gasteiger partial charge on any atom is -0.506 e. The van der Waals surface area contributed by atoms with Gasteiger partial charge in [-0.25, -0.2) is 4.98 Å². The summed E-state index contributed by atoms with van der Waals surface area (Å²) in [6.45, 7) is 0. The summed E-state index contributed by atoms with van der Waals surface area (Å²) in [4.78, 5) is 33.1. The van der Waals surface area contributed by atoms with Crippen LogP contribution in [0.1, 0.15) is 10.4 Å². The fraction of sp³-hybridized carbons (Fsp3) is 0. The van der Waals surface area contributed by atoms with Gasteiger partial charge < -0.3 is 15.7 Å². The van der Waals surface area contributed by atoms with Crippen molar-refractivity contribution in [1.82, 2.24) is 30.3 Å². The van der Waals surface area contributed by atoms with Gasteiger partial charge in [-0.1, -0.05) is 18.2 Å². The van der Waals surface area contributed by atoms with Gasteiger partial charge >= 0.3 is 0 Å². The van der Waals surface area contributed by atoms with Gasteiger partial charge in [-0.15, -0.1) is 0 Å². The maximum Gasteiger partial charge on any atom is 0.269 e. The lowest BCUT2D eigenvalue weighted by molar-refractivity contribution is 0.0962. The summed E-state index contributed by atoms with van der Waals surface area (Å²) in [7, 11) is 0. The van der Waals surface area contributed by atoms with E-state index in [4.69, 9.17) is 0 Å². The van der Waals surface area contributed by atoms with E-state index in [1.807, 2.05) is 6.07 Å². The standard InChI is InChI=1S/C20H17N9O2/c30-15-6-2-1-5-14(15)23-18-25-19(24-16-7-3-4-10-22-16)27-20(26-18)29-28-17(31)13-8-11-21-12-9-13/h1-12,30H,(H,28,31)(H3,22,23,24,25,26,27,29). The molecule has 3 aromatic heterocycles. The lowest BCUT2D eigenvalue weighted by Gasteiger charge is -2.12. The molecule has 0 saturated heterocycles. The Bertz CT molecular complexity index is 1170. The molecule has 3 heterocycles. The summed E-state index contributed by atoms with van der Waals surface area (Å²) in [5, 5.41) is 15.9. The number of para-hydroxylation sites is 2. The lowest BCUT2D eigenvalue weighted by atomic mass is 10.3. The van der Waals surface area contributed by atoms with Gasteiger partial charge in [-0.3, -0.25) is 20.6 Å². The van der Waals surface area contributed by atoms with Gasteiger partial charge in [0.25, 0.3) is 5.91 Å². The second-order valence-corrected chi connectivity index (χ2v) is 6.10. The van der Waals surface area contributed by atoms with Crippen LogP contribution in [-0.2, 0) is 0 Å². The Morgan fingerprint density at radius 1 is 0.774 bits per heavy atom. The molecule has 0 aliphatic rings. The van der Waals surface area contributed by atoms with Crippen LogP contribution in [0.2, 0.25) is 0 Å². The van der Waals surface area contributed by atoms with Crippen LogP contribution >= 0.6 is 0 Å². The van der Waals surface area contributed by atoms with Crippen LogP contribution in [0.4, 0.5) is 29.4 Å². The van der Waals surface area contributed by atoms with E-state index in [0.29, 0.717) is 17.1 Å². The van der Waals surface area contributed by atoms with E-state index < -0.39 is 5.91 Å². The Labute approximate surface area is 176 Å². The van der Waals surface area contributed by atoms with Crippen molar-refractivity contribution >= 4 is 35.3 Å². The normalized spacial score (nSPS) is 10.2. The van der Waals surface area contributed by atoms with E-state index in [1.54, 1.807) is 48.7 Å². The van der Waals surface area contributed by atoms with E-state index in [0.717, 1.165) is 0 Å². The first-order valence-electron chi connectivity index (χ1n) is 9.13. The highest BCUT2D eigenvalue weighted by atomic mass is 16.3. The minimum atomic E-state index is -0.391. The molecular formula is C20H17N9O2. The number of aromatic hydroxyl groups is 1. The number of pyridine rings is 2. The van der Waals surface area contributed by atoms with Crippen LogP contribution in [0, 0.1) is 0 Å². The Morgan fingerprint density at radius 3 is 2.23 bits per heavy atom. The first kappa shape index (κ1) is 19.5. The number of nitrogens with one attached hydrogen (secondary N) is 4. The maximum atomic E-state index is 12.3. The molecule has 0 aliphatic carbocycles. The topological polar surface area (TPSA) is 150 Å². The summed E-state index contributed by atoms with van der Waals surface area (Å²) >= 11 is 0. The smallest absolute Gasteiger partial charge is 0.269 e. The molecule has 0 spiro atoms. The maximum absolute atomic E-state index is 12.3. The number of hydrazine groups is 1. The van der Waals surface area contributed by atoms with E-state index >= 15 is 0 Å². The number of amides is 1. The minimum absolute atomic E-state index is 0.0302. The second kappa shape index (κ2) is 9.13. The van der Waals surface area contributed by atoms with Crippen molar-refractivity contribution in [2.24, 2.45) is 0 Å². The highest BCUT2D eigenvalue weighted by Crippen LogP contribution is 2.25. The quantitative estimate of drug-likeness (QED) is 0.225. The number of anilines is 5. The summed E-state index contributed by atoms with van der Waals surface area (Å²) in [6, 6.07) is 15.1. The van der Waals surface area contributed by atoms with Crippen molar-refractivity contribution < 1.29 is 9.90 Å². The Hall–Kier alpha value is -4.80. The molecule has 1 aromatic carbocycles. The number of nitrogens with zero attached hydrogens (tertiary/aromatic N) is 5. The van der Waals surface area contributed by atoms with Gasteiger partial charge in [0.15, 0.2) is 0 Å². The molecule has 0 unspecified atom stereocenters. The van der Waals surface area contributed by atoms with Crippen molar-refractivity contribution in [2.45, 2.75) is 0 Å². The Kier molecular flexibility index (Phi) is 5.75. The van der Waals surface area contributed by atoms with Crippen LogP contribution in [0.15, 0.2) is 73.2 Å². The SMILES string of the molecule is O=C(NNc1nc(Nc2ccccn2)nc(Nc2ccccc2O)n1)c1ccncc1. The molecule has 0 bridgehead atoms. The summed E-state index contributed by atoms with van der Waals surface area (Å²) in [5.41, 5.74) is 6.00. The molecule has 4 aromatic rings. The molecule has 0 saturated carbocycles. The second-order valence-electron chi connectivity index (χ2n) is 6.10. The first-order chi connectivity index (χ1) is 15.2. The van der Waals surface area contributed by atoms with Crippen LogP contribution in [0.5, 0.6) is 5.75 Å². The van der Waals surface area contributed by atoms with Crippen molar-refractivity contribution in [2.75, 3.05) is 16.1 Å². The van der Waals surface area contributed by atoms with Crippen LogP contribution in [-0.4, -0.2) is 35.9 Å². The fourth-order valence-electron chi connectivity index (χ4n) is 2.48. The molecule has 1 amide bonds. The third kappa shape index (κ3) is 5.17. The van der Waals surface area contributed by atoms with Crippen molar-refractivity contribution in [3.8, 4) is 5.75 Å². The molecule has 11 heteroatoms. The average molecular weight is 415 g/mol. The predicted molar refractivity (Wildman–Crippen MR) is 114 cm³/mol. The van der Waals surface area contributed by atoms with Crippen LogP contribution < -0.4 is 21.5 Å².